The van der Waals surface area contributed by atoms with Gasteiger partial charge in [-0.15, -0.1) is 0 Å². The Bertz CT molecular complexity index is 3180. The lowest BCUT2D eigenvalue weighted by Gasteiger charge is -2.21. The van der Waals surface area contributed by atoms with Crippen molar-refractivity contribution >= 4 is 33.6 Å². The van der Waals surface area contributed by atoms with Gasteiger partial charge in [0.2, 0.25) is 0 Å². The molecule has 736 valence electrons. The van der Waals surface area contributed by atoms with Crippen LogP contribution in [0.3, 0.4) is 0 Å². The van der Waals surface area contributed by atoms with Crippen molar-refractivity contribution in [3.8, 4) is 0 Å². The van der Waals surface area contributed by atoms with Crippen molar-refractivity contribution < 1.29 is 75.8 Å². The van der Waals surface area contributed by atoms with Crippen molar-refractivity contribution in [2.24, 2.45) is 0 Å². The summed E-state index contributed by atoms with van der Waals surface area (Å²) in [4.78, 5) is 59.2. The molecule has 0 spiro atoms. The Balaban J connectivity index is 4.61. The summed E-state index contributed by atoms with van der Waals surface area (Å²) < 4.78 is 61.7. The molecule has 5 unspecified atom stereocenters. The molecule has 0 aromatic heterocycles. The van der Waals surface area contributed by atoms with Crippen LogP contribution in [0.2, 0.25) is 0 Å². The minimum absolute atomic E-state index is 0.0892. The maximum Gasteiger partial charge on any atom is 0.472 e. The lowest BCUT2D eigenvalue weighted by molar-refractivity contribution is -0.161. The van der Waals surface area contributed by atoms with Crippen LogP contribution >= 0.6 is 15.6 Å². The summed E-state index contributed by atoms with van der Waals surface area (Å²) >= 11 is 0. The van der Waals surface area contributed by atoms with E-state index in [4.69, 9.17) is 32.3 Å². The van der Waals surface area contributed by atoms with Crippen LogP contribution in [0.25, 0.3) is 0 Å². The number of carbonyl (C=O) groups is 3. The van der Waals surface area contributed by atoms with Crippen LogP contribution in [0.5, 0.6) is 0 Å². The van der Waals surface area contributed by atoms with Gasteiger partial charge in [-0.05, 0) is 167 Å². The van der Waals surface area contributed by atoms with Gasteiger partial charge in [-0.1, -0.05) is 439 Å². The molecule has 0 aliphatic carbocycles. The largest absolute Gasteiger partial charge is 0.472 e. The normalized spacial score (nSPS) is 14.5. The second-order valence-electron chi connectivity index (χ2n) is 33.8. The molecule has 0 saturated heterocycles. The van der Waals surface area contributed by atoms with E-state index >= 15 is 0 Å². The predicted molar refractivity (Wildman–Crippen MR) is 546 cm³/mol. The number of allylic oxidation sites excluding steroid dienone is 34. The second-order valence-corrected chi connectivity index (χ2v) is 36.8. The van der Waals surface area contributed by atoms with E-state index in [0.29, 0.717) is 19.3 Å². The first-order chi connectivity index (χ1) is 63.2. The Morgan fingerprint density at radius 2 is 0.388 bits per heavy atom. The summed E-state index contributed by atoms with van der Waals surface area (Å²) in [5.41, 5.74) is 0. The third-order valence-corrected chi connectivity index (χ3v) is 23.4. The Morgan fingerprint density at radius 1 is 0.217 bits per heavy atom. The van der Waals surface area contributed by atoms with Crippen LogP contribution in [0.1, 0.15) is 419 Å². The van der Waals surface area contributed by atoms with Gasteiger partial charge < -0.3 is 34.2 Å². The van der Waals surface area contributed by atoms with Crippen molar-refractivity contribution in [1.82, 2.24) is 0 Å². The van der Waals surface area contributed by atoms with Crippen molar-refractivity contribution in [2.75, 3.05) is 39.6 Å². The highest BCUT2D eigenvalue weighted by molar-refractivity contribution is 7.47. The Morgan fingerprint density at radius 3 is 0.612 bits per heavy atom. The fourth-order valence-electron chi connectivity index (χ4n) is 13.8. The molecule has 0 rings (SSSR count). The highest BCUT2D eigenvalue weighted by atomic mass is 31.2. The van der Waals surface area contributed by atoms with Crippen molar-refractivity contribution in [2.45, 2.75) is 437 Å². The number of ether oxygens (including phenoxy) is 3. The number of aliphatic hydroxyl groups excluding tert-OH is 2. The number of hydrogen-bond donors (Lipinski definition) is 4. The van der Waals surface area contributed by atoms with Crippen LogP contribution in [-0.4, -0.2) is 95.9 Å². The van der Waals surface area contributed by atoms with Gasteiger partial charge in [-0.2, -0.15) is 0 Å². The molecule has 16 nitrogen and oxygen atoms in total. The van der Waals surface area contributed by atoms with Gasteiger partial charge in [0.1, 0.15) is 25.4 Å². The first-order valence-electron chi connectivity index (χ1n) is 51.4. The van der Waals surface area contributed by atoms with Crippen LogP contribution in [0, 0.1) is 0 Å². The van der Waals surface area contributed by atoms with E-state index in [1.54, 1.807) is 0 Å². The van der Waals surface area contributed by atoms with Crippen molar-refractivity contribution in [3.63, 3.8) is 0 Å². The van der Waals surface area contributed by atoms with Gasteiger partial charge in [-0.3, -0.25) is 32.5 Å². The summed E-state index contributed by atoms with van der Waals surface area (Å²) in [6, 6.07) is 0. The van der Waals surface area contributed by atoms with E-state index in [2.05, 4.69) is 227 Å². The average Bonchev–Trinajstić information content (AvgIpc) is 0.899. The van der Waals surface area contributed by atoms with Crippen LogP contribution in [0.15, 0.2) is 207 Å². The van der Waals surface area contributed by atoms with Gasteiger partial charge in [0.15, 0.2) is 6.10 Å². The molecule has 0 aliphatic rings. The summed E-state index contributed by atoms with van der Waals surface area (Å²) in [6.45, 7) is 2.39. The number of hydrogen-bond acceptors (Lipinski definition) is 14. The lowest BCUT2D eigenvalue weighted by Crippen LogP contribution is -2.30. The molecule has 0 aromatic carbocycles. The molecule has 0 aliphatic heterocycles. The van der Waals surface area contributed by atoms with E-state index in [1.807, 2.05) is 0 Å². The first kappa shape index (κ1) is 123. The summed E-state index contributed by atoms with van der Waals surface area (Å²) in [7, 11) is -9.83. The molecule has 18 heteroatoms. The minimum Gasteiger partial charge on any atom is -0.463 e. The number of unbranched alkanes of at least 4 members (excludes halogenated alkanes) is 39. The highest BCUT2D eigenvalue weighted by Gasteiger charge is 2.30. The van der Waals surface area contributed by atoms with Crippen LogP contribution in [-0.2, 0) is 55.8 Å². The van der Waals surface area contributed by atoms with Crippen molar-refractivity contribution in [1.29, 1.82) is 0 Å². The average molecular weight is 1840 g/mol. The number of aliphatic hydroxyl groups is 2. The van der Waals surface area contributed by atoms with Gasteiger partial charge in [0, 0.05) is 19.3 Å². The smallest absolute Gasteiger partial charge is 0.463 e. The lowest BCUT2D eigenvalue weighted by atomic mass is 10.0. The number of rotatable bonds is 96. The quantitative estimate of drug-likeness (QED) is 0.0146. The first-order valence-corrected chi connectivity index (χ1v) is 54.4. The monoisotopic (exact) mass is 1840 g/mol. The molecule has 0 heterocycles. The van der Waals surface area contributed by atoms with E-state index in [1.165, 1.54) is 167 Å². The van der Waals surface area contributed by atoms with Crippen LogP contribution in [0.4, 0.5) is 0 Å². The second kappa shape index (κ2) is 101. The molecule has 0 amide bonds. The molecular weight excluding hydrogens is 1650 g/mol. The zero-order chi connectivity index (χ0) is 93.5. The van der Waals surface area contributed by atoms with Crippen LogP contribution < -0.4 is 0 Å². The number of phosphoric ester groups is 2. The van der Waals surface area contributed by atoms with Gasteiger partial charge in [-0.25, -0.2) is 9.13 Å². The zero-order valence-corrected chi connectivity index (χ0v) is 83.3. The highest BCUT2D eigenvalue weighted by Crippen LogP contribution is 2.45. The maximum atomic E-state index is 13.1. The Kier molecular flexibility index (Phi) is 96.5. The van der Waals surface area contributed by atoms with Gasteiger partial charge in [0.25, 0.3) is 0 Å². The van der Waals surface area contributed by atoms with E-state index in [9.17, 15) is 43.5 Å². The van der Waals surface area contributed by atoms with E-state index in [-0.39, 0.29) is 19.3 Å². The predicted octanol–water partition coefficient (Wildman–Crippen LogP) is 32.7. The molecular formula is C111H186O16P2. The number of carbonyl (C=O) groups excluding carboxylic acids is 3. The third-order valence-electron chi connectivity index (χ3n) is 21.5. The number of esters is 3. The molecule has 129 heavy (non-hydrogen) atoms. The fourth-order valence-corrected chi connectivity index (χ4v) is 15.4. The van der Waals surface area contributed by atoms with Gasteiger partial charge in [0.05, 0.1) is 26.4 Å². The molecule has 0 fully saturated rings. The maximum absolute atomic E-state index is 13.1. The molecule has 0 saturated carbocycles. The topological polar surface area (TPSA) is 231 Å². The molecule has 0 radical (unpaired) electrons. The Labute approximate surface area is 788 Å². The molecule has 4 N–H and O–H groups in total. The van der Waals surface area contributed by atoms with Crippen molar-refractivity contribution in [3.05, 3.63) is 207 Å². The zero-order valence-electron chi connectivity index (χ0n) is 81.5. The fraction of sp³-hybridized carbons (Fsp3) is 0.667. The van der Waals surface area contributed by atoms with Gasteiger partial charge >= 0.3 is 33.6 Å². The summed E-state index contributed by atoms with van der Waals surface area (Å²) in [6.07, 6.45) is 137. The molecule has 0 bridgehead atoms. The Hall–Kier alpha value is -5.87. The number of phosphoric acid groups is 2. The molecule has 0 aromatic rings. The third kappa shape index (κ3) is 102. The standard InChI is InChI=1S/C111H186O16P2/c1-4-7-10-13-16-19-22-25-28-31-34-37-40-43-46-48-50-51-52-53-55-57-59-61-64-67-70-73-76-79-82-85-88-91-94-97-109(114)121-100-106(112)101-123-128(117,118)124-102-107(113)103-125-129(119,120)126-105-108(127-111(116)99-96-93-90-87-84-81-78-75-72-69-66-63-58-45-42-39-36-33-30-27-24-21-18-15-12-9-6-3)104-122-110(115)98-95-92-89-86-83-80-77-74-71-68-65-62-60-56-54-49-47-44-41-38-35-32-29-26-23-20-17-14-11-8-5-2/h7-12,16-21,25-30,34-39,43-47,50-51,58,66,69,106-108,112-113H,4-6,13-15,22-24,31-33,40-42,48-49,52-57,59-65,67-68,70-105H2,1-3H3,(H,117,118)(H,119,120)/b10-7-,11-8-,12-9-,19-16-,20-17-,21-18-,28-25-,29-26-,30-27-,37-34-,38-35-,39-36-,46-43-,47-44-,51-50-,58-45-,69-66-. The summed E-state index contributed by atoms with van der Waals surface area (Å²) in [5.74, 6) is -1.58. The SMILES string of the molecule is CC/C=C\C/C=C\C/C=C\C/C=C\C/C=C\C/C=C\CCCCCCCCCCCCCCCCCCC(=O)OCC(O)COP(=O)(O)OCC(O)COP(=O)(O)OCC(COC(=O)CCCCCCCCCCCCCCCCC/C=C\C/C=C\C/C=C\C/C=C\C/C=C\CC)OC(=O)CCCCCCCCCC/C=C\C/C=C\C/C=C\C/C=C\C/C=C\C/C=C\CC. The minimum atomic E-state index is -4.95. The summed E-state index contributed by atoms with van der Waals surface area (Å²) in [5, 5.41) is 20.8. The van der Waals surface area contributed by atoms with E-state index in [0.717, 1.165) is 193 Å². The van der Waals surface area contributed by atoms with E-state index < -0.39 is 91.5 Å². The molecule has 5 atom stereocenters.